The lowest BCUT2D eigenvalue weighted by atomic mass is 9.83. The fraction of sp³-hybridized carbons (Fsp3) is 0.769. The number of hydrogen-bond donors (Lipinski definition) is 2. The summed E-state index contributed by atoms with van der Waals surface area (Å²) in [6.45, 7) is 9.55. The van der Waals surface area contributed by atoms with E-state index in [9.17, 15) is 5.11 Å². The number of aliphatic hydroxyl groups is 1. The highest BCUT2D eigenvalue weighted by Crippen LogP contribution is 2.31. The van der Waals surface area contributed by atoms with Crippen molar-refractivity contribution in [1.82, 2.24) is 4.90 Å². The third-order valence-corrected chi connectivity index (χ3v) is 6.13. The Kier molecular flexibility index (Phi) is 21.3. The average molecular weight is 526 g/mol. The van der Waals surface area contributed by atoms with Crippen molar-refractivity contribution in [3.05, 3.63) is 23.8 Å². The molecule has 0 fully saturated rings. The first-order chi connectivity index (χ1) is 15.3. The van der Waals surface area contributed by atoms with Crippen molar-refractivity contribution in [2.75, 3.05) is 47.6 Å². The van der Waals surface area contributed by atoms with E-state index in [1.807, 2.05) is 6.07 Å². The summed E-state index contributed by atoms with van der Waals surface area (Å²) in [5, 5.41) is 10.7. The van der Waals surface area contributed by atoms with Gasteiger partial charge in [-0.05, 0) is 62.4 Å². The number of benzene rings is 1. The molecule has 0 heterocycles. The van der Waals surface area contributed by atoms with Gasteiger partial charge in [0.1, 0.15) is 0 Å². The number of ether oxygens (including phenoxy) is 3. The molecule has 0 aliphatic heterocycles. The fourth-order valence-electron chi connectivity index (χ4n) is 3.92. The van der Waals surface area contributed by atoms with Gasteiger partial charge >= 0.3 is 0 Å². The van der Waals surface area contributed by atoms with Crippen LogP contribution in [0.4, 0.5) is 0 Å². The van der Waals surface area contributed by atoms with Gasteiger partial charge in [0.25, 0.3) is 0 Å². The highest BCUT2D eigenvalue weighted by Gasteiger charge is 2.24. The highest BCUT2D eigenvalue weighted by molar-refractivity contribution is 5.85. The van der Waals surface area contributed by atoms with Gasteiger partial charge in [0.05, 0.1) is 19.8 Å². The van der Waals surface area contributed by atoms with Crippen LogP contribution in [0.5, 0.6) is 11.5 Å². The average Bonchev–Trinajstić information content (AvgIpc) is 2.76. The van der Waals surface area contributed by atoms with E-state index in [2.05, 4.69) is 44.9 Å². The molecule has 0 aliphatic rings. The topological polar surface area (TPSA) is 77.2 Å². The minimum absolute atomic E-state index is 0. The van der Waals surface area contributed by atoms with Crippen molar-refractivity contribution < 1.29 is 19.3 Å². The van der Waals surface area contributed by atoms with Crippen molar-refractivity contribution in [1.29, 1.82) is 0 Å². The van der Waals surface area contributed by atoms with E-state index in [-0.39, 0.29) is 30.9 Å². The van der Waals surface area contributed by atoms with E-state index in [0.717, 1.165) is 43.7 Å². The zero-order chi connectivity index (χ0) is 23.9. The van der Waals surface area contributed by atoms with Gasteiger partial charge in [0.2, 0.25) is 0 Å². The monoisotopic (exact) mass is 524 g/mol. The second-order valence-corrected chi connectivity index (χ2v) is 9.32. The maximum absolute atomic E-state index is 10.7. The molecule has 0 radical (unpaired) electrons. The highest BCUT2D eigenvalue weighted by atomic mass is 35.5. The molecule has 1 aromatic rings. The molecule has 1 aromatic carbocycles. The number of hydrogen-bond acceptors (Lipinski definition) is 6. The molecule has 0 amide bonds. The Morgan fingerprint density at radius 1 is 1.03 bits per heavy atom. The number of unbranched alkanes of at least 4 members (excludes halogenated alkanes) is 2. The summed E-state index contributed by atoms with van der Waals surface area (Å²) in [6.07, 6.45) is 5.59. The van der Waals surface area contributed by atoms with E-state index < -0.39 is 6.10 Å². The Balaban J connectivity index is 0. The predicted octanol–water partition coefficient (Wildman–Crippen LogP) is 4.97. The Morgan fingerprint density at radius 3 is 2.32 bits per heavy atom. The Hall–Kier alpha value is -0.760. The zero-order valence-electron chi connectivity index (χ0n) is 22.1. The van der Waals surface area contributed by atoms with Crippen molar-refractivity contribution in [3.8, 4) is 11.5 Å². The van der Waals surface area contributed by atoms with E-state index >= 15 is 0 Å². The van der Waals surface area contributed by atoms with Crippen LogP contribution < -0.4 is 15.2 Å². The Bertz CT molecular complexity index is 622. The number of halogens is 2. The summed E-state index contributed by atoms with van der Waals surface area (Å²) >= 11 is 0. The lowest BCUT2D eigenvalue weighted by Crippen LogP contribution is -2.44. The molecule has 202 valence electrons. The van der Waals surface area contributed by atoms with Crippen molar-refractivity contribution in [2.24, 2.45) is 17.6 Å². The number of methoxy groups -OCH3 is 2. The molecular weight excluding hydrogens is 475 g/mol. The molecule has 1 rings (SSSR count). The van der Waals surface area contributed by atoms with Crippen LogP contribution in [0.3, 0.4) is 0 Å². The Labute approximate surface area is 220 Å². The summed E-state index contributed by atoms with van der Waals surface area (Å²) < 4.78 is 16.5. The first kappa shape index (κ1) is 35.4. The molecular formula is C26H50Cl2N2O4. The van der Waals surface area contributed by atoms with E-state index in [4.69, 9.17) is 19.9 Å². The van der Waals surface area contributed by atoms with Crippen LogP contribution in [0.1, 0.15) is 58.4 Å². The smallest absolute Gasteiger partial charge is 0.161 e. The molecule has 6 nitrogen and oxygen atoms in total. The quantitative estimate of drug-likeness (QED) is 0.264. The summed E-state index contributed by atoms with van der Waals surface area (Å²) in [5.41, 5.74) is 7.65. The number of aliphatic hydroxyl groups excluding tert-OH is 1. The number of rotatable bonds is 18. The van der Waals surface area contributed by atoms with Gasteiger partial charge in [-0.25, -0.2) is 0 Å². The Morgan fingerprint density at radius 2 is 1.74 bits per heavy atom. The minimum Gasteiger partial charge on any atom is -0.493 e. The predicted molar refractivity (Wildman–Crippen MR) is 147 cm³/mol. The maximum atomic E-state index is 10.7. The third kappa shape index (κ3) is 14.0. The molecule has 0 saturated heterocycles. The molecule has 0 aliphatic carbocycles. The number of nitrogens with zero attached hydrogens (tertiary/aromatic N) is 1. The van der Waals surface area contributed by atoms with Crippen LogP contribution >= 0.6 is 24.8 Å². The van der Waals surface area contributed by atoms with Crippen molar-refractivity contribution >= 4 is 24.8 Å². The van der Waals surface area contributed by atoms with Gasteiger partial charge in [0.15, 0.2) is 11.5 Å². The van der Waals surface area contributed by atoms with E-state index in [0.29, 0.717) is 31.6 Å². The summed E-state index contributed by atoms with van der Waals surface area (Å²) in [5.74, 6) is 2.34. The van der Waals surface area contributed by atoms with Gasteiger partial charge in [-0.1, -0.05) is 39.7 Å². The van der Waals surface area contributed by atoms with Gasteiger partial charge in [-0.2, -0.15) is 0 Å². The van der Waals surface area contributed by atoms with Gasteiger partial charge in [0, 0.05) is 32.7 Å². The molecule has 8 heteroatoms. The largest absolute Gasteiger partial charge is 0.493 e. The summed E-state index contributed by atoms with van der Waals surface area (Å²) in [7, 11) is 5.42. The summed E-state index contributed by atoms with van der Waals surface area (Å²) in [4.78, 5) is 2.20. The molecule has 0 saturated carbocycles. The number of likely N-dealkylation sites (N-methyl/N-ethyl adjacent to an activating group) is 1. The van der Waals surface area contributed by atoms with Gasteiger partial charge in [-0.3, -0.25) is 0 Å². The molecule has 0 bridgehead atoms. The van der Waals surface area contributed by atoms with Crippen molar-refractivity contribution in [3.63, 3.8) is 0 Å². The molecule has 0 aromatic heterocycles. The normalized spacial score (nSPS) is 13.7. The van der Waals surface area contributed by atoms with Crippen LogP contribution in [-0.4, -0.2) is 69.7 Å². The lowest BCUT2D eigenvalue weighted by Gasteiger charge is -2.29. The van der Waals surface area contributed by atoms with Gasteiger partial charge in [-0.15, -0.1) is 24.8 Å². The minimum atomic E-state index is -0.515. The van der Waals surface area contributed by atoms with E-state index in [1.54, 1.807) is 14.2 Å². The maximum Gasteiger partial charge on any atom is 0.161 e. The van der Waals surface area contributed by atoms with Crippen molar-refractivity contribution in [2.45, 2.75) is 71.4 Å². The van der Waals surface area contributed by atoms with Crippen LogP contribution in [0.15, 0.2) is 18.2 Å². The van der Waals surface area contributed by atoms with Crippen LogP contribution in [-0.2, 0) is 11.2 Å². The zero-order valence-corrected chi connectivity index (χ0v) is 23.8. The SMILES string of the molecule is CCCCCN(C)C[C@H](O)[C@@H](N)C[C@H](Cc1ccc(OC)c(OCCCOC)c1)C(C)C.Cl.Cl. The second kappa shape index (κ2) is 20.4. The molecule has 34 heavy (non-hydrogen) atoms. The molecule has 0 unspecified atom stereocenters. The standard InChI is InChI=1S/C26H48N2O4.2ClH/c1-7-8-9-13-28(4)19-24(29)23(27)18-22(20(2)3)16-21-11-12-25(31-6)26(17-21)32-15-10-14-30-5;;/h11-12,17,20,22-24,29H,7-10,13-16,18-19,27H2,1-6H3;2*1H/t22-,23-,24-;;/m0../s1. The van der Waals surface area contributed by atoms with Crippen LogP contribution in [0.2, 0.25) is 0 Å². The lowest BCUT2D eigenvalue weighted by molar-refractivity contribution is 0.0889. The molecule has 3 atom stereocenters. The fourth-order valence-corrected chi connectivity index (χ4v) is 3.92. The second-order valence-electron chi connectivity index (χ2n) is 9.32. The number of nitrogens with two attached hydrogens (primary N) is 1. The first-order valence-corrected chi connectivity index (χ1v) is 12.2. The molecule has 0 spiro atoms. The first-order valence-electron chi connectivity index (χ1n) is 12.2. The summed E-state index contributed by atoms with van der Waals surface area (Å²) in [6, 6.07) is 5.90. The van der Waals surface area contributed by atoms with Crippen LogP contribution in [0, 0.1) is 11.8 Å². The molecule has 3 N–H and O–H groups in total. The van der Waals surface area contributed by atoms with E-state index in [1.165, 1.54) is 18.4 Å². The van der Waals surface area contributed by atoms with Gasteiger partial charge < -0.3 is 30.0 Å². The third-order valence-electron chi connectivity index (χ3n) is 6.13. The van der Waals surface area contributed by atoms with Crippen LogP contribution in [0.25, 0.3) is 0 Å².